The second-order valence-corrected chi connectivity index (χ2v) is 7.27. The van der Waals surface area contributed by atoms with Crippen LogP contribution in [0.15, 0.2) is 36.4 Å². The van der Waals surface area contributed by atoms with Gasteiger partial charge in [-0.3, -0.25) is 4.79 Å². The van der Waals surface area contributed by atoms with Crippen LogP contribution in [0.2, 0.25) is 5.02 Å². The predicted molar refractivity (Wildman–Crippen MR) is 103 cm³/mol. The first-order chi connectivity index (χ1) is 12.0. The van der Waals surface area contributed by atoms with E-state index in [-0.39, 0.29) is 18.4 Å². The maximum atomic E-state index is 12.7. The lowest BCUT2D eigenvalue weighted by Crippen LogP contribution is -2.38. The molecule has 1 amide bonds. The lowest BCUT2D eigenvalue weighted by molar-refractivity contribution is -0.120. The Bertz CT molecular complexity index is 785. The molecule has 1 aliphatic heterocycles. The summed E-state index contributed by atoms with van der Waals surface area (Å²) in [6.07, 6.45) is 2.01. The fourth-order valence-electron chi connectivity index (χ4n) is 3.26. The zero-order valence-electron chi connectivity index (χ0n) is 15.0. The molecule has 1 aliphatic rings. The average Bonchev–Trinajstić information content (AvgIpc) is 2.61. The highest BCUT2D eigenvalue weighted by molar-refractivity contribution is 6.31. The fraction of sp³-hybridized carbons (Fsp3) is 0.381. The number of para-hydroxylation sites is 1. The van der Waals surface area contributed by atoms with Gasteiger partial charge in [-0.2, -0.15) is 0 Å². The molecule has 0 aliphatic carbocycles. The van der Waals surface area contributed by atoms with Gasteiger partial charge in [0.2, 0.25) is 0 Å². The summed E-state index contributed by atoms with van der Waals surface area (Å²) in [5, 5.41) is 0.729. The van der Waals surface area contributed by atoms with Crippen molar-refractivity contribution >= 4 is 23.2 Å². The van der Waals surface area contributed by atoms with E-state index in [0.717, 1.165) is 47.0 Å². The summed E-state index contributed by atoms with van der Waals surface area (Å²) < 4.78 is 5.91. The van der Waals surface area contributed by atoms with Crippen LogP contribution in [-0.4, -0.2) is 19.1 Å². The van der Waals surface area contributed by atoms with Crippen LogP contribution in [0.5, 0.6) is 5.75 Å². The zero-order chi connectivity index (χ0) is 18.0. The van der Waals surface area contributed by atoms with Gasteiger partial charge in [0.15, 0.2) is 6.61 Å². The van der Waals surface area contributed by atoms with E-state index in [1.54, 1.807) is 0 Å². The maximum Gasteiger partial charge on any atom is 0.264 e. The third-order valence-corrected chi connectivity index (χ3v) is 5.08. The highest BCUT2D eigenvalue weighted by Crippen LogP contribution is 2.32. The summed E-state index contributed by atoms with van der Waals surface area (Å²) in [7, 11) is 0. The maximum absolute atomic E-state index is 12.7. The van der Waals surface area contributed by atoms with Gasteiger partial charge in [-0.15, -0.1) is 0 Å². The number of ether oxygens (including phenoxy) is 1. The Morgan fingerprint density at radius 3 is 2.80 bits per heavy atom. The van der Waals surface area contributed by atoms with E-state index in [1.165, 1.54) is 5.56 Å². The van der Waals surface area contributed by atoms with Crippen molar-refractivity contribution in [3.8, 4) is 5.75 Å². The molecule has 0 atom stereocenters. The molecule has 0 spiro atoms. The first kappa shape index (κ1) is 17.8. The second kappa shape index (κ2) is 7.49. The fourth-order valence-corrected chi connectivity index (χ4v) is 3.43. The van der Waals surface area contributed by atoms with E-state index in [1.807, 2.05) is 42.2 Å². The molecule has 0 N–H and O–H groups in total. The number of fused-ring (bicyclic) bond motifs is 1. The van der Waals surface area contributed by atoms with Gasteiger partial charge in [-0.25, -0.2) is 0 Å². The summed E-state index contributed by atoms with van der Waals surface area (Å²) in [6, 6.07) is 12.0. The summed E-state index contributed by atoms with van der Waals surface area (Å²) in [4.78, 5) is 14.6. The van der Waals surface area contributed by atoms with Crippen LogP contribution in [0, 0.1) is 6.92 Å². The Labute approximate surface area is 154 Å². The van der Waals surface area contributed by atoms with Crippen LogP contribution in [0.3, 0.4) is 0 Å². The Balaban J connectivity index is 1.77. The number of hydrogen-bond donors (Lipinski definition) is 0. The SMILES string of the molecule is Cc1cc(OCC(=O)N2CCCc3ccccc32)c(C(C)C)cc1Cl. The number of nitrogens with zero attached hydrogens (tertiary/aromatic N) is 1. The number of carbonyl (C=O) groups excluding carboxylic acids is 1. The van der Waals surface area contributed by atoms with Crippen molar-refractivity contribution in [3.63, 3.8) is 0 Å². The molecule has 25 heavy (non-hydrogen) atoms. The molecular formula is C21H24ClNO2. The van der Waals surface area contributed by atoms with Gasteiger partial charge in [0.05, 0.1) is 0 Å². The number of anilines is 1. The van der Waals surface area contributed by atoms with Crippen LogP contribution >= 0.6 is 11.6 Å². The van der Waals surface area contributed by atoms with Crippen LogP contribution in [0.1, 0.15) is 42.9 Å². The smallest absolute Gasteiger partial charge is 0.264 e. The van der Waals surface area contributed by atoms with E-state index in [2.05, 4.69) is 19.9 Å². The summed E-state index contributed by atoms with van der Waals surface area (Å²) in [6.45, 7) is 6.92. The van der Waals surface area contributed by atoms with Gasteiger partial charge in [0.25, 0.3) is 5.91 Å². The minimum atomic E-state index is -0.00513. The molecule has 0 fully saturated rings. The molecule has 132 valence electrons. The van der Waals surface area contributed by atoms with Crippen LogP contribution < -0.4 is 9.64 Å². The van der Waals surface area contributed by atoms with E-state index in [0.29, 0.717) is 0 Å². The second-order valence-electron chi connectivity index (χ2n) is 6.86. The monoisotopic (exact) mass is 357 g/mol. The van der Waals surface area contributed by atoms with Crippen LogP contribution in [-0.2, 0) is 11.2 Å². The van der Waals surface area contributed by atoms with Crippen molar-refractivity contribution in [2.45, 2.75) is 39.5 Å². The van der Waals surface area contributed by atoms with Gasteiger partial charge in [-0.05, 0) is 60.6 Å². The van der Waals surface area contributed by atoms with E-state index < -0.39 is 0 Å². The first-order valence-corrected chi connectivity index (χ1v) is 9.16. The van der Waals surface area contributed by atoms with Crippen molar-refractivity contribution < 1.29 is 9.53 Å². The lowest BCUT2D eigenvalue weighted by Gasteiger charge is -2.29. The average molecular weight is 358 g/mol. The summed E-state index contributed by atoms with van der Waals surface area (Å²) in [5.74, 6) is 1.02. The lowest BCUT2D eigenvalue weighted by atomic mass is 10.0. The molecule has 3 nitrogen and oxygen atoms in total. The number of benzene rings is 2. The molecule has 0 radical (unpaired) electrons. The molecule has 0 bridgehead atoms. The van der Waals surface area contributed by atoms with E-state index >= 15 is 0 Å². The minimum absolute atomic E-state index is 0.00513. The molecular weight excluding hydrogens is 334 g/mol. The minimum Gasteiger partial charge on any atom is -0.483 e. The van der Waals surface area contributed by atoms with Crippen molar-refractivity contribution in [2.75, 3.05) is 18.1 Å². The van der Waals surface area contributed by atoms with Gasteiger partial charge in [-0.1, -0.05) is 43.6 Å². The number of rotatable bonds is 4. The summed E-state index contributed by atoms with van der Waals surface area (Å²) in [5.41, 5.74) is 4.23. The Morgan fingerprint density at radius 1 is 1.28 bits per heavy atom. The van der Waals surface area contributed by atoms with Gasteiger partial charge in [0.1, 0.15) is 5.75 Å². The molecule has 0 aromatic heterocycles. The normalized spacial score (nSPS) is 13.7. The van der Waals surface area contributed by atoms with Crippen molar-refractivity contribution in [3.05, 3.63) is 58.1 Å². The number of carbonyl (C=O) groups is 1. The number of amides is 1. The Kier molecular flexibility index (Phi) is 5.33. The predicted octanol–water partition coefficient (Wildman–Crippen LogP) is 5.13. The third-order valence-electron chi connectivity index (χ3n) is 4.68. The number of hydrogen-bond acceptors (Lipinski definition) is 2. The molecule has 1 heterocycles. The van der Waals surface area contributed by atoms with Crippen molar-refractivity contribution in [1.29, 1.82) is 0 Å². The topological polar surface area (TPSA) is 29.5 Å². The number of aryl methyl sites for hydroxylation is 2. The van der Waals surface area contributed by atoms with Gasteiger partial charge in [0, 0.05) is 17.3 Å². The van der Waals surface area contributed by atoms with Gasteiger partial charge < -0.3 is 9.64 Å². The summed E-state index contributed by atoms with van der Waals surface area (Å²) >= 11 is 6.24. The van der Waals surface area contributed by atoms with Gasteiger partial charge >= 0.3 is 0 Å². The largest absolute Gasteiger partial charge is 0.483 e. The molecule has 2 aromatic rings. The van der Waals surface area contributed by atoms with Crippen LogP contribution in [0.25, 0.3) is 0 Å². The molecule has 0 saturated carbocycles. The third kappa shape index (κ3) is 3.82. The highest BCUT2D eigenvalue weighted by atomic mass is 35.5. The molecule has 0 unspecified atom stereocenters. The quantitative estimate of drug-likeness (QED) is 0.759. The first-order valence-electron chi connectivity index (χ1n) is 8.78. The highest BCUT2D eigenvalue weighted by Gasteiger charge is 2.23. The Hall–Kier alpha value is -2.00. The van der Waals surface area contributed by atoms with E-state index in [4.69, 9.17) is 16.3 Å². The molecule has 3 rings (SSSR count). The number of halogens is 1. The van der Waals surface area contributed by atoms with E-state index in [9.17, 15) is 4.79 Å². The molecule has 2 aromatic carbocycles. The standard InChI is InChI=1S/C21H24ClNO2/c1-14(2)17-12-18(22)15(3)11-20(17)25-13-21(24)23-10-6-8-16-7-4-5-9-19(16)23/h4-5,7,9,11-12,14H,6,8,10,13H2,1-3H3. The zero-order valence-corrected chi connectivity index (χ0v) is 15.8. The molecule has 0 saturated heterocycles. The Morgan fingerprint density at radius 2 is 2.04 bits per heavy atom. The van der Waals surface area contributed by atoms with Crippen molar-refractivity contribution in [2.24, 2.45) is 0 Å². The van der Waals surface area contributed by atoms with Crippen molar-refractivity contribution in [1.82, 2.24) is 0 Å². The molecule has 4 heteroatoms. The van der Waals surface area contributed by atoms with Crippen LogP contribution in [0.4, 0.5) is 5.69 Å².